The van der Waals surface area contributed by atoms with E-state index in [0.29, 0.717) is 6.42 Å². The van der Waals surface area contributed by atoms with Crippen LogP contribution in [0, 0.1) is 0 Å². The van der Waals surface area contributed by atoms with Crippen LogP contribution in [0.1, 0.15) is 36.4 Å². The first-order valence-corrected chi connectivity index (χ1v) is 9.33. The van der Waals surface area contributed by atoms with Crippen molar-refractivity contribution in [1.82, 2.24) is 10.2 Å². The molecule has 1 saturated heterocycles. The predicted molar refractivity (Wildman–Crippen MR) is 95.6 cm³/mol. The lowest BCUT2D eigenvalue weighted by Gasteiger charge is -2.25. The van der Waals surface area contributed by atoms with Crippen molar-refractivity contribution in [1.29, 1.82) is 0 Å². The number of hydrogen-bond acceptors (Lipinski definition) is 3. The molecule has 1 fully saturated rings. The van der Waals surface area contributed by atoms with Gasteiger partial charge in [0.25, 0.3) is 0 Å². The third-order valence-corrected chi connectivity index (χ3v) is 5.13. The number of carbonyl (C=O) groups excluding carboxylic acids is 1. The number of carbonyl (C=O) groups is 1. The van der Waals surface area contributed by atoms with Gasteiger partial charge >= 0.3 is 0 Å². The molecule has 0 aliphatic carbocycles. The second kappa shape index (κ2) is 8.27. The lowest BCUT2D eigenvalue weighted by molar-refractivity contribution is -0.121. The molecule has 1 unspecified atom stereocenters. The van der Waals surface area contributed by atoms with Crippen LogP contribution in [0.3, 0.4) is 0 Å². The Morgan fingerprint density at radius 1 is 1.17 bits per heavy atom. The van der Waals surface area contributed by atoms with E-state index >= 15 is 0 Å². The summed E-state index contributed by atoms with van der Waals surface area (Å²) in [7, 11) is 0. The van der Waals surface area contributed by atoms with E-state index in [0.717, 1.165) is 26.1 Å². The average molecular weight is 328 g/mol. The molecule has 1 aromatic heterocycles. The molecule has 1 atom stereocenters. The summed E-state index contributed by atoms with van der Waals surface area (Å²) < 4.78 is 0. The van der Waals surface area contributed by atoms with Crippen molar-refractivity contribution >= 4 is 17.2 Å². The summed E-state index contributed by atoms with van der Waals surface area (Å²) in [5.74, 6) is 0.143. The molecule has 23 heavy (non-hydrogen) atoms. The van der Waals surface area contributed by atoms with Crippen LogP contribution in [-0.2, 0) is 11.2 Å². The highest BCUT2D eigenvalue weighted by Gasteiger charge is 2.20. The Balaban J connectivity index is 1.59. The third-order valence-electron chi connectivity index (χ3n) is 4.40. The number of nitrogens with one attached hydrogen (secondary N) is 1. The lowest BCUT2D eigenvalue weighted by Crippen LogP contribution is -2.37. The maximum Gasteiger partial charge on any atom is 0.220 e. The SMILES string of the molecule is O=C(CCc1ccsc1)NC(CN1CCCC1)c1ccccc1. The van der Waals surface area contributed by atoms with Gasteiger partial charge in [0, 0.05) is 13.0 Å². The average Bonchev–Trinajstić information content (AvgIpc) is 3.27. The molecule has 0 radical (unpaired) electrons. The molecule has 122 valence electrons. The minimum atomic E-state index is 0.0873. The van der Waals surface area contributed by atoms with E-state index in [1.54, 1.807) is 11.3 Å². The van der Waals surface area contributed by atoms with Crippen molar-refractivity contribution < 1.29 is 4.79 Å². The van der Waals surface area contributed by atoms with Crippen LogP contribution in [0.2, 0.25) is 0 Å². The van der Waals surface area contributed by atoms with Gasteiger partial charge in [-0.15, -0.1) is 0 Å². The molecule has 0 saturated carbocycles. The van der Waals surface area contributed by atoms with E-state index in [4.69, 9.17) is 0 Å². The van der Waals surface area contributed by atoms with E-state index in [2.05, 4.69) is 39.2 Å². The van der Waals surface area contributed by atoms with E-state index in [-0.39, 0.29) is 11.9 Å². The van der Waals surface area contributed by atoms with Crippen molar-refractivity contribution in [3.63, 3.8) is 0 Å². The Bertz CT molecular complexity index is 591. The van der Waals surface area contributed by atoms with E-state index in [1.165, 1.54) is 24.0 Å². The second-order valence-corrected chi connectivity index (χ2v) is 6.95. The smallest absolute Gasteiger partial charge is 0.220 e. The molecule has 1 amide bonds. The van der Waals surface area contributed by atoms with Crippen molar-refractivity contribution in [2.45, 2.75) is 31.7 Å². The molecule has 1 aliphatic rings. The molecular formula is C19H24N2OS. The van der Waals surface area contributed by atoms with Crippen LogP contribution >= 0.6 is 11.3 Å². The normalized spacial score (nSPS) is 16.3. The quantitative estimate of drug-likeness (QED) is 0.842. The van der Waals surface area contributed by atoms with Crippen LogP contribution in [0.25, 0.3) is 0 Å². The van der Waals surface area contributed by atoms with Crippen LogP contribution in [0.4, 0.5) is 0 Å². The van der Waals surface area contributed by atoms with Crippen molar-refractivity contribution in [2.75, 3.05) is 19.6 Å². The van der Waals surface area contributed by atoms with Crippen molar-refractivity contribution in [3.05, 3.63) is 58.3 Å². The molecule has 3 rings (SSSR count). The van der Waals surface area contributed by atoms with Gasteiger partial charge in [0.15, 0.2) is 0 Å². The number of thiophene rings is 1. The fraction of sp³-hybridized carbons (Fsp3) is 0.421. The first-order chi connectivity index (χ1) is 11.3. The predicted octanol–water partition coefficient (Wildman–Crippen LogP) is 3.63. The van der Waals surface area contributed by atoms with Crippen LogP contribution in [0.15, 0.2) is 47.2 Å². The summed E-state index contributed by atoms with van der Waals surface area (Å²) in [6.45, 7) is 3.20. The molecule has 0 spiro atoms. The van der Waals surface area contributed by atoms with Gasteiger partial charge in [0.05, 0.1) is 6.04 Å². The zero-order valence-corrected chi connectivity index (χ0v) is 14.2. The Labute approximate surface area is 142 Å². The van der Waals surface area contributed by atoms with Gasteiger partial charge in [-0.3, -0.25) is 4.79 Å². The molecule has 0 bridgehead atoms. The summed E-state index contributed by atoms with van der Waals surface area (Å²) in [5.41, 5.74) is 2.45. The Morgan fingerprint density at radius 2 is 1.96 bits per heavy atom. The highest BCUT2D eigenvalue weighted by atomic mass is 32.1. The highest BCUT2D eigenvalue weighted by molar-refractivity contribution is 7.07. The highest BCUT2D eigenvalue weighted by Crippen LogP contribution is 2.18. The largest absolute Gasteiger partial charge is 0.348 e. The number of rotatable bonds is 7. The van der Waals surface area contributed by atoms with Gasteiger partial charge in [0.1, 0.15) is 0 Å². The first-order valence-electron chi connectivity index (χ1n) is 8.39. The monoisotopic (exact) mass is 328 g/mol. The Hall–Kier alpha value is -1.65. The molecule has 1 N–H and O–H groups in total. The van der Waals surface area contributed by atoms with Gasteiger partial charge in [-0.2, -0.15) is 11.3 Å². The first kappa shape index (κ1) is 16.2. The maximum absolute atomic E-state index is 12.4. The Kier molecular flexibility index (Phi) is 5.83. The lowest BCUT2D eigenvalue weighted by atomic mass is 10.1. The van der Waals surface area contributed by atoms with E-state index < -0.39 is 0 Å². The summed E-state index contributed by atoms with van der Waals surface area (Å²) in [5, 5.41) is 7.43. The molecular weight excluding hydrogens is 304 g/mol. The van der Waals surface area contributed by atoms with Crippen LogP contribution in [-0.4, -0.2) is 30.4 Å². The molecule has 2 aromatic rings. The zero-order valence-electron chi connectivity index (χ0n) is 13.4. The molecule has 3 nitrogen and oxygen atoms in total. The van der Waals surface area contributed by atoms with Gasteiger partial charge in [0.2, 0.25) is 5.91 Å². The van der Waals surface area contributed by atoms with E-state index in [9.17, 15) is 4.79 Å². The van der Waals surface area contributed by atoms with Crippen molar-refractivity contribution in [2.24, 2.45) is 0 Å². The zero-order chi connectivity index (χ0) is 15.9. The number of amides is 1. The minimum absolute atomic E-state index is 0.0873. The summed E-state index contributed by atoms with van der Waals surface area (Å²) in [6.07, 6.45) is 3.92. The number of nitrogens with zero attached hydrogens (tertiary/aromatic N) is 1. The topological polar surface area (TPSA) is 32.3 Å². The standard InChI is InChI=1S/C19H24N2OS/c22-19(9-8-16-10-13-23-15-16)20-18(14-21-11-4-5-12-21)17-6-2-1-3-7-17/h1-3,6-7,10,13,15,18H,4-5,8-9,11-12,14H2,(H,20,22). The summed E-state index contributed by atoms with van der Waals surface area (Å²) >= 11 is 1.68. The molecule has 1 aromatic carbocycles. The van der Waals surface area contributed by atoms with Crippen LogP contribution in [0.5, 0.6) is 0 Å². The second-order valence-electron chi connectivity index (χ2n) is 6.17. The molecule has 2 heterocycles. The third kappa shape index (κ3) is 4.91. The van der Waals surface area contributed by atoms with E-state index in [1.807, 2.05) is 18.2 Å². The van der Waals surface area contributed by atoms with Gasteiger partial charge in [-0.1, -0.05) is 30.3 Å². The summed E-state index contributed by atoms with van der Waals surface area (Å²) in [6, 6.07) is 12.5. The fourth-order valence-electron chi connectivity index (χ4n) is 3.10. The van der Waals surface area contributed by atoms with Gasteiger partial charge in [-0.25, -0.2) is 0 Å². The van der Waals surface area contributed by atoms with Gasteiger partial charge < -0.3 is 10.2 Å². The molecule has 4 heteroatoms. The number of aryl methyl sites for hydroxylation is 1. The maximum atomic E-state index is 12.4. The summed E-state index contributed by atoms with van der Waals surface area (Å²) in [4.78, 5) is 14.8. The molecule has 1 aliphatic heterocycles. The minimum Gasteiger partial charge on any atom is -0.348 e. The fourth-order valence-corrected chi connectivity index (χ4v) is 3.81. The number of hydrogen-bond donors (Lipinski definition) is 1. The number of likely N-dealkylation sites (tertiary alicyclic amines) is 1. The van der Waals surface area contributed by atoms with Gasteiger partial charge in [-0.05, 0) is 60.3 Å². The number of benzene rings is 1. The Morgan fingerprint density at radius 3 is 2.65 bits per heavy atom. The van der Waals surface area contributed by atoms with Crippen molar-refractivity contribution in [3.8, 4) is 0 Å². The van der Waals surface area contributed by atoms with Crippen LogP contribution < -0.4 is 5.32 Å².